The van der Waals surface area contributed by atoms with E-state index in [0.29, 0.717) is 18.2 Å². The first-order chi connectivity index (χ1) is 10.2. The normalized spacial score (nSPS) is 11.3. The van der Waals surface area contributed by atoms with Crippen molar-refractivity contribution in [2.45, 2.75) is 12.8 Å². The maximum atomic E-state index is 12.6. The summed E-state index contributed by atoms with van der Waals surface area (Å²) in [7, 11) is 0. The molecule has 0 atom stereocenters. The Labute approximate surface area is 126 Å². The van der Waals surface area contributed by atoms with Crippen LogP contribution in [-0.2, 0) is 12.8 Å². The van der Waals surface area contributed by atoms with Crippen LogP contribution in [0, 0.1) is 0 Å². The van der Waals surface area contributed by atoms with Gasteiger partial charge in [-0.05, 0) is 48.2 Å². The summed E-state index contributed by atoms with van der Waals surface area (Å²) in [6.45, 7) is 0.0988. The summed E-state index contributed by atoms with van der Waals surface area (Å²) in [6, 6.07) is 11.5. The van der Waals surface area contributed by atoms with Crippen molar-refractivity contribution < 1.29 is 10.2 Å². The molecule has 2 aromatic carbocycles. The summed E-state index contributed by atoms with van der Waals surface area (Å²) >= 11 is 1.59. The minimum atomic E-state index is 0.0362. The maximum absolute atomic E-state index is 12.6. The SMILES string of the molecule is O=c1c2ccccc2sc2cc(CCO)c(CCO)cc12. The largest absolute Gasteiger partial charge is 0.396 e. The summed E-state index contributed by atoms with van der Waals surface area (Å²) < 4.78 is 1.91. The lowest BCUT2D eigenvalue weighted by molar-refractivity contribution is 0.293. The number of aliphatic hydroxyl groups is 2. The lowest BCUT2D eigenvalue weighted by Gasteiger charge is -2.10. The number of benzene rings is 2. The zero-order valence-electron chi connectivity index (χ0n) is 11.5. The number of fused-ring (bicyclic) bond motifs is 2. The second kappa shape index (κ2) is 5.93. The Morgan fingerprint density at radius 1 is 0.857 bits per heavy atom. The molecule has 108 valence electrons. The van der Waals surface area contributed by atoms with Gasteiger partial charge >= 0.3 is 0 Å². The quantitative estimate of drug-likeness (QED) is 0.728. The molecule has 0 aliphatic carbocycles. The molecule has 0 bridgehead atoms. The third-order valence-corrected chi connectivity index (χ3v) is 4.79. The monoisotopic (exact) mass is 300 g/mol. The Kier molecular flexibility index (Phi) is 4.01. The van der Waals surface area contributed by atoms with Crippen LogP contribution in [-0.4, -0.2) is 23.4 Å². The molecule has 4 heteroatoms. The van der Waals surface area contributed by atoms with Gasteiger partial charge < -0.3 is 10.2 Å². The second-order valence-electron chi connectivity index (χ2n) is 4.99. The summed E-state index contributed by atoms with van der Waals surface area (Å²) in [6.07, 6.45) is 1.04. The molecule has 0 amide bonds. The van der Waals surface area contributed by atoms with E-state index in [2.05, 4.69) is 0 Å². The van der Waals surface area contributed by atoms with Crippen molar-refractivity contribution >= 4 is 31.5 Å². The third-order valence-electron chi connectivity index (χ3n) is 3.66. The van der Waals surface area contributed by atoms with Crippen LogP contribution in [0.15, 0.2) is 41.2 Å². The van der Waals surface area contributed by atoms with E-state index in [4.69, 9.17) is 0 Å². The van der Waals surface area contributed by atoms with Crippen molar-refractivity contribution in [3.05, 3.63) is 57.7 Å². The Balaban J connectivity index is 2.34. The van der Waals surface area contributed by atoms with Gasteiger partial charge in [-0.1, -0.05) is 12.1 Å². The highest BCUT2D eigenvalue weighted by Crippen LogP contribution is 2.27. The molecule has 1 heterocycles. The van der Waals surface area contributed by atoms with Gasteiger partial charge in [-0.2, -0.15) is 0 Å². The molecule has 21 heavy (non-hydrogen) atoms. The van der Waals surface area contributed by atoms with E-state index < -0.39 is 0 Å². The molecule has 0 fully saturated rings. The predicted octanol–water partition coefficient (Wildman–Crippen LogP) is 2.48. The summed E-state index contributed by atoms with van der Waals surface area (Å²) in [5.41, 5.74) is 1.98. The number of aliphatic hydroxyl groups excluding tert-OH is 2. The molecule has 0 aliphatic heterocycles. The van der Waals surface area contributed by atoms with Crippen LogP contribution in [0.3, 0.4) is 0 Å². The van der Waals surface area contributed by atoms with E-state index in [-0.39, 0.29) is 18.6 Å². The lowest BCUT2D eigenvalue weighted by atomic mass is 10.00. The van der Waals surface area contributed by atoms with E-state index in [0.717, 1.165) is 25.9 Å². The minimum Gasteiger partial charge on any atom is -0.396 e. The average molecular weight is 300 g/mol. The van der Waals surface area contributed by atoms with E-state index in [1.807, 2.05) is 36.4 Å². The van der Waals surface area contributed by atoms with Crippen molar-refractivity contribution in [2.24, 2.45) is 0 Å². The molecular formula is C17H16O3S. The van der Waals surface area contributed by atoms with Crippen molar-refractivity contribution in [3.8, 4) is 0 Å². The van der Waals surface area contributed by atoms with Gasteiger partial charge in [-0.25, -0.2) is 0 Å². The van der Waals surface area contributed by atoms with Gasteiger partial charge in [-0.3, -0.25) is 4.79 Å². The molecule has 0 saturated carbocycles. The van der Waals surface area contributed by atoms with E-state index >= 15 is 0 Å². The molecule has 3 nitrogen and oxygen atoms in total. The van der Waals surface area contributed by atoms with E-state index in [1.54, 1.807) is 11.3 Å². The number of rotatable bonds is 4. The van der Waals surface area contributed by atoms with E-state index in [9.17, 15) is 15.0 Å². The first-order valence-electron chi connectivity index (χ1n) is 6.93. The van der Waals surface area contributed by atoms with Crippen LogP contribution in [0.2, 0.25) is 0 Å². The van der Waals surface area contributed by atoms with Crippen molar-refractivity contribution in [2.75, 3.05) is 13.2 Å². The average Bonchev–Trinajstić information content (AvgIpc) is 2.49. The summed E-state index contributed by atoms with van der Waals surface area (Å²) in [5, 5.41) is 19.8. The fraction of sp³-hybridized carbons (Fsp3) is 0.235. The zero-order valence-corrected chi connectivity index (χ0v) is 12.3. The molecule has 0 saturated heterocycles. The smallest absolute Gasteiger partial charge is 0.195 e. The van der Waals surface area contributed by atoms with E-state index in [1.165, 1.54) is 0 Å². The van der Waals surface area contributed by atoms with Crippen LogP contribution in [0.1, 0.15) is 11.1 Å². The summed E-state index contributed by atoms with van der Waals surface area (Å²) in [5.74, 6) is 0. The Bertz CT molecular complexity index is 852. The predicted molar refractivity (Wildman–Crippen MR) is 87.2 cm³/mol. The van der Waals surface area contributed by atoms with Crippen LogP contribution in [0.5, 0.6) is 0 Å². The molecular weight excluding hydrogens is 284 g/mol. The molecule has 0 aliphatic rings. The molecule has 0 spiro atoms. The van der Waals surface area contributed by atoms with Gasteiger partial charge in [-0.15, -0.1) is 11.3 Å². The van der Waals surface area contributed by atoms with Crippen LogP contribution >= 0.6 is 11.3 Å². The third kappa shape index (κ3) is 2.58. The van der Waals surface area contributed by atoms with Crippen molar-refractivity contribution in [1.29, 1.82) is 0 Å². The van der Waals surface area contributed by atoms with Gasteiger partial charge in [0.15, 0.2) is 5.43 Å². The standard InChI is InChI=1S/C17H16O3S/c18-7-5-11-9-14-16(10-12(11)6-8-19)21-15-4-2-1-3-13(15)17(14)20/h1-4,9-10,18-19H,5-8H2. The second-order valence-corrected chi connectivity index (χ2v) is 6.08. The van der Waals surface area contributed by atoms with Gasteiger partial charge in [0.05, 0.1) is 0 Å². The van der Waals surface area contributed by atoms with Crippen molar-refractivity contribution in [1.82, 2.24) is 0 Å². The Hall–Kier alpha value is -1.75. The maximum Gasteiger partial charge on any atom is 0.195 e. The summed E-state index contributed by atoms with van der Waals surface area (Å²) in [4.78, 5) is 12.6. The zero-order chi connectivity index (χ0) is 14.8. The lowest BCUT2D eigenvalue weighted by Crippen LogP contribution is -2.05. The van der Waals surface area contributed by atoms with Gasteiger partial charge in [0.25, 0.3) is 0 Å². The first-order valence-corrected chi connectivity index (χ1v) is 7.75. The highest BCUT2D eigenvalue weighted by molar-refractivity contribution is 7.24. The van der Waals surface area contributed by atoms with Crippen LogP contribution in [0.4, 0.5) is 0 Å². The van der Waals surface area contributed by atoms with Gasteiger partial charge in [0.2, 0.25) is 0 Å². The van der Waals surface area contributed by atoms with Gasteiger partial charge in [0.1, 0.15) is 0 Å². The fourth-order valence-electron chi connectivity index (χ4n) is 2.64. The topological polar surface area (TPSA) is 57.5 Å². The van der Waals surface area contributed by atoms with Crippen LogP contribution in [0.25, 0.3) is 20.2 Å². The highest BCUT2D eigenvalue weighted by atomic mass is 32.1. The molecule has 0 unspecified atom stereocenters. The molecule has 1 aromatic heterocycles. The molecule has 3 rings (SSSR count). The molecule has 0 radical (unpaired) electrons. The minimum absolute atomic E-state index is 0.0362. The van der Waals surface area contributed by atoms with Crippen molar-refractivity contribution in [3.63, 3.8) is 0 Å². The number of hydrogen-bond acceptors (Lipinski definition) is 4. The van der Waals surface area contributed by atoms with Crippen LogP contribution < -0.4 is 5.43 Å². The molecule has 3 aromatic rings. The number of hydrogen-bond donors (Lipinski definition) is 2. The Morgan fingerprint density at radius 2 is 1.52 bits per heavy atom. The Morgan fingerprint density at radius 3 is 2.24 bits per heavy atom. The van der Waals surface area contributed by atoms with Gasteiger partial charge in [0, 0.05) is 33.4 Å². The first kappa shape index (κ1) is 14.2. The molecule has 2 N–H and O–H groups in total. The fourth-order valence-corrected chi connectivity index (χ4v) is 3.76. The highest BCUT2D eigenvalue weighted by Gasteiger charge is 2.10.